The Kier molecular flexibility index (Phi) is 4.69. The molecule has 32 heavy (non-hydrogen) atoms. The molecule has 1 aliphatic heterocycles. The minimum Gasteiger partial charge on any atom is -0.457 e. The summed E-state index contributed by atoms with van der Waals surface area (Å²) in [4.78, 5) is 12.3. The number of ether oxygens (including phenoxy) is 2. The van der Waals surface area contributed by atoms with Gasteiger partial charge in [0.1, 0.15) is 17.4 Å². The number of hydrogen-bond acceptors (Lipinski definition) is 7. The molecule has 8 nitrogen and oxygen atoms in total. The zero-order valence-corrected chi connectivity index (χ0v) is 16.6. The van der Waals surface area contributed by atoms with E-state index in [-0.39, 0.29) is 17.2 Å². The van der Waals surface area contributed by atoms with Crippen LogP contribution in [0.4, 0.5) is 0 Å². The number of nitriles is 1. The van der Waals surface area contributed by atoms with E-state index in [4.69, 9.17) is 19.6 Å². The van der Waals surface area contributed by atoms with Crippen LogP contribution >= 0.6 is 0 Å². The first-order valence-electron chi connectivity index (χ1n) is 9.72. The van der Waals surface area contributed by atoms with Gasteiger partial charge in [-0.3, -0.25) is 5.10 Å². The lowest BCUT2D eigenvalue weighted by Crippen LogP contribution is -2.21. The maximum atomic E-state index is 12.3. The minimum absolute atomic E-state index is 0.0194. The fourth-order valence-electron chi connectivity index (χ4n) is 3.71. The van der Waals surface area contributed by atoms with Crippen molar-refractivity contribution in [3.05, 3.63) is 101 Å². The molecule has 0 fully saturated rings. The van der Waals surface area contributed by atoms with E-state index in [1.165, 1.54) is 12.3 Å². The second-order valence-corrected chi connectivity index (χ2v) is 7.05. The highest BCUT2D eigenvalue weighted by Crippen LogP contribution is 2.46. The quantitative estimate of drug-likeness (QED) is 0.373. The Balaban J connectivity index is 1.60. The lowest BCUT2D eigenvalue weighted by atomic mass is 9.83. The van der Waals surface area contributed by atoms with Crippen LogP contribution < -0.4 is 15.2 Å². The first-order chi connectivity index (χ1) is 15.7. The SMILES string of the molecule is N#CC1=C(N)Oc2n[nH]c(-c3ccccc3)c2C1c1cccc(OC(=O)c2ccco2)c1. The topological polar surface area (TPSA) is 127 Å². The highest BCUT2D eigenvalue weighted by molar-refractivity contribution is 5.88. The van der Waals surface area contributed by atoms with Crippen LogP contribution in [0.3, 0.4) is 0 Å². The summed E-state index contributed by atoms with van der Waals surface area (Å²) >= 11 is 0. The third kappa shape index (κ3) is 3.28. The largest absolute Gasteiger partial charge is 0.457 e. The van der Waals surface area contributed by atoms with Gasteiger partial charge in [-0.05, 0) is 35.4 Å². The fraction of sp³-hybridized carbons (Fsp3) is 0.0417. The average Bonchev–Trinajstić information content (AvgIpc) is 3.49. The summed E-state index contributed by atoms with van der Waals surface area (Å²) in [5, 5.41) is 17.1. The predicted octanol–water partition coefficient (Wildman–Crippen LogP) is 4.11. The van der Waals surface area contributed by atoms with E-state index in [0.29, 0.717) is 28.5 Å². The summed E-state index contributed by atoms with van der Waals surface area (Å²) < 4.78 is 16.2. The molecule has 3 heterocycles. The smallest absolute Gasteiger partial charge is 0.379 e. The second-order valence-electron chi connectivity index (χ2n) is 7.05. The van der Waals surface area contributed by atoms with Crippen LogP contribution in [-0.2, 0) is 0 Å². The summed E-state index contributed by atoms with van der Waals surface area (Å²) in [6.45, 7) is 0. The standard InChI is InChI=1S/C24H16N4O4/c25-13-17-19(15-8-4-9-16(12-15)31-24(29)18-10-5-11-30-18)20-21(14-6-2-1-3-7-14)27-28-23(20)32-22(17)26/h1-12,19H,26H2,(H,27,28). The van der Waals surface area contributed by atoms with E-state index in [1.54, 1.807) is 24.3 Å². The number of H-pyrrole nitrogens is 1. The molecule has 5 rings (SSSR count). The molecular formula is C24H16N4O4. The summed E-state index contributed by atoms with van der Waals surface area (Å²) in [6.07, 6.45) is 1.40. The van der Waals surface area contributed by atoms with Crippen molar-refractivity contribution < 1.29 is 18.7 Å². The highest BCUT2D eigenvalue weighted by atomic mass is 16.5. The van der Waals surface area contributed by atoms with Crippen molar-refractivity contribution in [2.24, 2.45) is 5.73 Å². The van der Waals surface area contributed by atoms with Crippen LogP contribution in [-0.4, -0.2) is 16.2 Å². The molecule has 1 atom stereocenters. The van der Waals surface area contributed by atoms with Crippen LogP contribution in [0, 0.1) is 11.3 Å². The molecule has 8 heteroatoms. The molecule has 4 aromatic rings. The zero-order chi connectivity index (χ0) is 22.1. The molecule has 0 radical (unpaired) electrons. The zero-order valence-electron chi connectivity index (χ0n) is 16.6. The summed E-state index contributed by atoms with van der Waals surface area (Å²) in [6, 6.07) is 21.8. The number of benzene rings is 2. The fourth-order valence-corrected chi connectivity index (χ4v) is 3.71. The van der Waals surface area contributed by atoms with E-state index in [1.807, 2.05) is 36.4 Å². The first-order valence-corrected chi connectivity index (χ1v) is 9.72. The first kappa shape index (κ1) is 19.2. The molecule has 3 N–H and O–H groups in total. The Morgan fingerprint density at radius 1 is 1.12 bits per heavy atom. The number of aromatic nitrogens is 2. The van der Waals surface area contributed by atoms with Crippen LogP contribution in [0.1, 0.15) is 27.6 Å². The number of esters is 1. The van der Waals surface area contributed by atoms with Gasteiger partial charge in [0, 0.05) is 0 Å². The minimum atomic E-state index is -0.622. The number of hydrogen-bond donors (Lipinski definition) is 2. The van der Waals surface area contributed by atoms with Gasteiger partial charge in [-0.1, -0.05) is 42.5 Å². The van der Waals surface area contributed by atoms with Gasteiger partial charge in [0.05, 0.1) is 23.4 Å². The van der Waals surface area contributed by atoms with E-state index in [0.717, 1.165) is 5.56 Å². The van der Waals surface area contributed by atoms with E-state index in [2.05, 4.69) is 16.3 Å². The van der Waals surface area contributed by atoms with Crippen LogP contribution in [0.2, 0.25) is 0 Å². The van der Waals surface area contributed by atoms with Crippen molar-refractivity contribution in [2.45, 2.75) is 5.92 Å². The number of nitrogens with two attached hydrogens (primary N) is 1. The van der Waals surface area contributed by atoms with Gasteiger partial charge in [-0.15, -0.1) is 5.10 Å². The van der Waals surface area contributed by atoms with Crippen LogP contribution in [0.25, 0.3) is 11.3 Å². The molecule has 0 aliphatic carbocycles. The van der Waals surface area contributed by atoms with Crippen molar-refractivity contribution in [2.75, 3.05) is 0 Å². The summed E-state index contributed by atoms with van der Waals surface area (Å²) in [5.41, 5.74) is 9.25. The van der Waals surface area contributed by atoms with Crippen molar-refractivity contribution >= 4 is 5.97 Å². The molecule has 0 saturated carbocycles. The van der Waals surface area contributed by atoms with E-state index in [9.17, 15) is 10.1 Å². The molecule has 2 aromatic carbocycles. The van der Waals surface area contributed by atoms with Gasteiger partial charge >= 0.3 is 5.97 Å². The number of nitrogens with one attached hydrogen (secondary N) is 1. The van der Waals surface area contributed by atoms with Gasteiger partial charge in [-0.25, -0.2) is 4.79 Å². The predicted molar refractivity (Wildman–Crippen MR) is 113 cm³/mol. The molecule has 1 aliphatic rings. The number of rotatable bonds is 4. The van der Waals surface area contributed by atoms with Gasteiger partial charge in [0.25, 0.3) is 0 Å². The van der Waals surface area contributed by atoms with E-state index < -0.39 is 11.9 Å². The molecular weight excluding hydrogens is 408 g/mol. The second kappa shape index (κ2) is 7.81. The van der Waals surface area contributed by atoms with Gasteiger partial charge in [-0.2, -0.15) is 5.26 Å². The summed E-state index contributed by atoms with van der Waals surface area (Å²) in [7, 11) is 0. The number of carbonyl (C=O) groups excluding carboxylic acids is 1. The Morgan fingerprint density at radius 2 is 1.97 bits per heavy atom. The molecule has 156 valence electrons. The highest BCUT2D eigenvalue weighted by Gasteiger charge is 2.35. The van der Waals surface area contributed by atoms with Crippen molar-refractivity contribution in [3.63, 3.8) is 0 Å². The van der Waals surface area contributed by atoms with Crippen molar-refractivity contribution in [1.29, 1.82) is 5.26 Å². The van der Waals surface area contributed by atoms with Crippen molar-refractivity contribution in [1.82, 2.24) is 10.2 Å². The average molecular weight is 424 g/mol. The summed E-state index contributed by atoms with van der Waals surface area (Å²) in [5.74, 6) is -0.523. The van der Waals surface area contributed by atoms with Crippen LogP contribution in [0.15, 0.2) is 88.9 Å². The molecule has 1 unspecified atom stereocenters. The number of nitrogens with zero attached hydrogens (tertiary/aromatic N) is 2. The third-order valence-electron chi connectivity index (χ3n) is 5.13. The Morgan fingerprint density at radius 3 is 2.72 bits per heavy atom. The molecule has 0 amide bonds. The third-order valence-corrected chi connectivity index (χ3v) is 5.13. The van der Waals surface area contributed by atoms with Gasteiger partial charge < -0.3 is 19.6 Å². The molecule has 0 bridgehead atoms. The maximum absolute atomic E-state index is 12.3. The van der Waals surface area contributed by atoms with Gasteiger partial charge in [0.2, 0.25) is 17.5 Å². The number of furan rings is 1. The number of carbonyl (C=O) groups is 1. The number of allylic oxidation sites excluding steroid dienone is 1. The van der Waals surface area contributed by atoms with E-state index >= 15 is 0 Å². The normalized spacial score (nSPS) is 14.9. The Bertz CT molecular complexity index is 1360. The van der Waals surface area contributed by atoms with Crippen molar-refractivity contribution in [3.8, 4) is 29.0 Å². The Hall–Kier alpha value is -4.77. The molecule has 0 spiro atoms. The Labute approximate surface area is 182 Å². The maximum Gasteiger partial charge on any atom is 0.379 e. The number of fused-ring (bicyclic) bond motifs is 1. The molecule has 0 saturated heterocycles. The monoisotopic (exact) mass is 424 g/mol. The molecule has 2 aromatic heterocycles. The lowest BCUT2D eigenvalue weighted by Gasteiger charge is -2.24. The van der Waals surface area contributed by atoms with Crippen LogP contribution in [0.5, 0.6) is 11.6 Å². The lowest BCUT2D eigenvalue weighted by molar-refractivity contribution is 0.0701. The number of aromatic amines is 1. The van der Waals surface area contributed by atoms with Gasteiger partial charge in [0.15, 0.2) is 0 Å².